The van der Waals surface area contributed by atoms with Gasteiger partial charge >= 0.3 is 5.97 Å². The van der Waals surface area contributed by atoms with Gasteiger partial charge in [-0.05, 0) is 32.1 Å². The number of carbonyl (C=O) groups is 2. The van der Waals surface area contributed by atoms with E-state index in [2.05, 4.69) is 0 Å². The molecule has 0 aromatic rings. The third kappa shape index (κ3) is 3.25. The normalized spacial score (nSPS) is 24.5. The van der Waals surface area contributed by atoms with Gasteiger partial charge in [-0.2, -0.15) is 0 Å². The molecule has 0 aromatic heterocycles. The Morgan fingerprint density at radius 3 is 2.74 bits per heavy atom. The van der Waals surface area contributed by atoms with Gasteiger partial charge in [-0.15, -0.1) is 0 Å². The zero-order chi connectivity index (χ0) is 14.5. The molecule has 110 valence electrons. The summed E-state index contributed by atoms with van der Waals surface area (Å²) in [4.78, 5) is 25.3. The van der Waals surface area contributed by atoms with Gasteiger partial charge < -0.3 is 20.5 Å². The lowest BCUT2D eigenvalue weighted by Crippen LogP contribution is -2.56. The first kappa shape index (κ1) is 15.9. The van der Waals surface area contributed by atoms with Crippen LogP contribution in [0.15, 0.2) is 0 Å². The predicted molar refractivity (Wildman–Crippen MR) is 70.7 cm³/mol. The Morgan fingerprint density at radius 1 is 1.53 bits per heavy atom. The van der Waals surface area contributed by atoms with E-state index >= 15 is 0 Å². The third-order valence-electron chi connectivity index (χ3n) is 3.92. The molecular weight excluding hydrogens is 248 g/mol. The number of nitrogens with two attached hydrogens (primary N) is 1. The zero-order valence-electron chi connectivity index (χ0n) is 11.7. The van der Waals surface area contributed by atoms with Crippen LogP contribution in [0.2, 0.25) is 0 Å². The number of amides is 1. The maximum Gasteiger partial charge on any atom is 0.329 e. The Balaban J connectivity index is 2.71. The van der Waals surface area contributed by atoms with Gasteiger partial charge in [0.25, 0.3) is 0 Å². The summed E-state index contributed by atoms with van der Waals surface area (Å²) in [5.74, 6) is -1.18. The van der Waals surface area contributed by atoms with Crippen LogP contribution in [0.3, 0.4) is 0 Å². The molecule has 1 rings (SSSR count). The van der Waals surface area contributed by atoms with E-state index in [1.807, 2.05) is 0 Å². The summed E-state index contributed by atoms with van der Waals surface area (Å²) in [5, 5.41) is 9.42. The molecule has 0 aromatic carbocycles. The maximum absolute atomic E-state index is 12.3. The first-order valence-electron chi connectivity index (χ1n) is 6.79. The van der Waals surface area contributed by atoms with Crippen LogP contribution in [-0.2, 0) is 14.3 Å². The second-order valence-corrected chi connectivity index (χ2v) is 5.03. The van der Waals surface area contributed by atoms with Crippen molar-refractivity contribution in [1.82, 2.24) is 4.90 Å². The number of carbonyl (C=O) groups excluding carboxylic acids is 1. The van der Waals surface area contributed by atoms with Gasteiger partial charge in [0.15, 0.2) is 0 Å². The number of rotatable bonds is 7. The molecule has 2 unspecified atom stereocenters. The fourth-order valence-electron chi connectivity index (χ4n) is 2.71. The van der Waals surface area contributed by atoms with Crippen molar-refractivity contribution in [2.24, 2.45) is 5.73 Å². The number of carboxylic acids is 1. The quantitative estimate of drug-likeness (QED) is 0.662. The molecule has 1 aliphatic rings. The van der Waals surface area contributed by atoms with E-state index < -0.39 is 17.6 Å². The number of ether oxygens (including phenoxy) is 1. The largest absolute Gasteiger partial charge is 0.479 e. The summed E-state index contributed by atoms with van der Waals surface area (Å²) >= 11 is 0. The summed E-state index contributed by atoms with van der Waals surface area (Å²) in [6, 6.07) is -0.640. The summed E-state index contributed by atoms with van der Waals surface area (Å²) in [7, 11) is 1.60. The van der Waals surface area contributed by atoms with Crippen LogP contribution in [0.25, 0.3) is 0 Å². The highest BCUT2D eigenvalue weighted by atomic mass is 16.5. The fraction of sp³-hybridized carbons (Fsp3) is 0.846. The monoisotopic (exact) mass is 272 g/mol. The van der Waals surface area contributed by atoms with Gasteiger partial charge in [0, 0.05) is 20.3 Å². The van der Waals surface area contributed by atoms with Crippen LogP contribution in [0.5, 0.6) is 0 Å². The molecule has 19 heavy (non-hydrogen) atoms. The number of methoxy groups -OCH3 is 1. The molecule has 0 aliphatic carbocycles. The van der Waals surface area contributed by atoms with Crippen molar-refractivity contribution < 1.29 is 19.4 Å². The van der Waals surface area contributed by atoms with Gasteiger partial charge in [-0.1, -0.05) is 6.92 Å². The third-order valence-corrected chi connectivity index (χ3v) is 3.92. The van der Waals surface area contributed by atoms with Crippen molar-refractivity contribution in [2.75, 3.05) is 20.3 Å². The van der Waals surface area contributed by atoms with Crippen molar-refractivity contribution >= 4 is 11.9 Å². The average Bonchev–Trinajstić information content (AvgIpc) is 2.82. The predicted octanol–water partition coefficient (Wildman–Crippen LogP) is 0.596. The summed E-state index contributed by atoms with van der Waals surface area (Å²) in [6.07, 6.45) is 2.86. The van der Waals surface area contributed by atoms with E-state index in [9.17, 15) is 14.7 Å². The molecule has 1 fully saturated rings. The first-order chi connectivity index (χ1) is 8.99. The maximum atomic E-state index is 12.3. The van der Waals surface area contributed by atoms with E-state index in [0.717, 1.165) is 6.42 Å². The second kappa shape index (κ2) is 6.86. The van der Waals surface area contributed by atoms with E-state index in [1.54, 1.807) is 14.0 Å². The number of aliphatic carboxylic acids is 1. The lowest BCUT2D eigenvalue weighted by Gasteiger charge is -2.35. The smallest absolute Gasteiger partial charge is 0.329 e. The molecule has 1 saturated heterocycles. The highest BCUT2D eigenvalue weighted by molar-refractivity contribution is 5.90. The van der Waals surface area contributed by atoms with Gasteiger partial charge in [-0.25, -0.2) is 4.79 Å². The SMILES string of the molecule is CCC1(C(=O)O)CCCN1C(=O)C(N)CCCOC. The minimum atomic E-state index is -1.06. The highest BCUT2D eigenvalue weighted by Gasteiger charge is 2.49. The van der Waals surface area contributed by atoms with Crippen molar-refractivity contribution in [1.29, 1.82) is 0 Å². The second-order valence-electron chi connectivity index (χ2n) is 5.03. The molecule has 0 spiro atoms. The Hall–Kier alpha value is -1.14. The van der Waals surface area contributed by atoms with Gasteiger partial charge in [0.1, 0.15) is 5.54 Å². The van der Waals surface area contributed by atoms with Crippen molar-refractivity contribution in [3.05, 3.63) is 0 Å². The Labute approximate surface area is 113 Å². The van der Waals surface area contributed by atoms with Crippen molar-refractivity contribution in [3.8, 4) is 0 Å². The minimum Gasteiger partial charge on any atom is -0.479 e. The molecule has 3 N–H and O–H groups in total. The molecule has 1 aliphatic heterocycles. The Bertz CT molecular complexity index is 335. The minimum absolute atomic E-state index is 0.252. The van der Waals surface area contributed by atoms with E-state index in [4.69, 9.17) is 10.5 Å². The van der Waals surface area contributed by atoms with Crippen molar-refractivity contribution in [3.63, 3.8) is 0 Å². The lowest BCUT2D eigenvalue weighted by atomic mass is 9.92. The molecule has 1 amide bonds. The molecule has 6 heteroatoms. The number of hydrogen-bond acceptors (Lipinski definition) is 4. The van der Waals surface area contributed by atoms with Crippen LogP contribution < -0.4 is 5.73 Å². The molecule has 6 nitrogen and oxygen atoms in total. The van der Waals surface area contributed by atoms with E-state index in [0.29, 0.717) is 38.8 Å². The fourth-order valence-corrected chi connectivity index (χ4v) is 2.71. The van der Waals surface area contributed by atoms with Gasteiger partial charge in [0.2, 0.25) is 5.91 Å². The lowest BCUT2D eigenvalue weighted by molar-refractivity contribution is -0.157. The number of nitrogens with zero attached hydrogens (tertiary/aromatic N) is 1. The van der Waals surface area contributed by atoms with Gasteiger partial charge in [-0.3, -0.25) is 4.79 Å². The Morgan fingerprint density at radius 2 is 2.21 bits per heavy atom. The number of likely N-dealkylation sites (tertiary alicyclic amines) is 1. The molecule has 1 heterocycles. The topological polar surface area (TPSA) is 92.9 Å². The molecular formula is C13H24N2O4. The molecule has 0 saturated carbocycles. The summed E-state index contributed by atoms with van der Waals surface area (Å²) < 4.78 is 4.92. The zero-order valence-corrected chi connectivity index (χ0v) is 11.7. The Kier molecular flexibility index (Phi) is 5.75. The molecule has 0 bridgehead atoms. The van der Waals surface area contributed by atoms with Crippen LogP contribution in [-0.4, -0.2) is 53.7 Å². The number of carboxylic acid groups (broad SMARTS) is 1. The molecule has 0 radical (unpaired) electrons. The standard InChI is InChI=1S/C13H24N2O4/c1-3-13(12(17)18)7-5-8-15(13)11(16)10(14)6-4-9-19-2/h10H,3-9,14H2,1-2H3,(H,17,18). The number of hydrogen-bond donors (Lipinski definition) is 2. The van der Waals surface area contributed by atoms with Crippen LogP contribution in [0, 0.1) is 0 Å². The van der Waals surface area contributed by atoms with E-state index in [-0.39, 0.29) is 5.91 Å². The summed E-state index contributed by atoms with van der Waals surface area (Å²) in [5.41, 5.74) is 4.81. The highest BCUT2D eigenvalue weighted by Crippen LogP contribution is 2.33. The van der Waals surface area contributed by atoms with Crippen LogP contribution >= 0.6 is 0 Å². The van der Waals surface area contributed by atoms with Crippen LogP contribution in [0.4, 0.5) is 0 Å². The average molecular weight is 272 g/mol. The summed E-state index contributed by atoms with van der Waals surface area (Å²) in [6.45, 7) is 2.84. The van der Waals surface area contributed by atoms with E-state index in [1.165, 1.54) is 4.90 Å². The van der Waals surface area contributed by atoms with Crippen LogP contribution in [0.1, 0.15) is 39.0 Å². The van der Waals surface area contributed by atoms with Crippen molar-refractivity contribution in [2.45, 2.75) is 50.6 Å². The molecule has 2 atom stereocenters. The van der Waals surface area contributed by atoms with Gasteiger partial charge in [0.05, 0.1) is 6.04 Å². The first-order valence-corrected chi connectivity index (χ1v) is 6.79.